The van der Waals surface area contributed by atoms with Gasteiger partial charge in [0, 0.05) is 12.4 Å². The van der Waals surface area contributed by atoms with Crippen LogP contribution in [-0.4, -0.2) is 21.9 Å². The Morgan fingerprint density at radius 1 is 1.45 bits per heavy atom. The molecule has 60 valence electrons. The molecular weight excluding hydrogens is 144 g/mol. The molecule has 1 heterocycles. The molecule has 0 aliphatic heterocycles. The van der Waals surface area contributed by atoms with Crippen molar-refractivity contribution in [2.24, 2.45) is 0 Å². The molecule has 0 bridgehead atoms. The maximum absolute atomic E-state index is 8.74. The van der Waals surface area contributed by atoms with Gasteiger partial charge in [0.15, 0.2) is 0 Å². The van der Waals surface area contributed by atoms with E-state index in [2.05, 4.69) is 4.98 Å². The van der Waals surface area contributed by atoms with Gasteiger partial charge in [-0.15, -0.1) is 0 Å². The van der Waals surface area contributed by atoms with Crippen molar-refractivity contribution in [1.82, 2.24) is 10.5 Å². The predicted molar refractivity (Wildman–Crippen MR) is 39.0 cm³/mol. The molecule has 11 heavy (non-hydrogen) atoms. The van der Waals surface area contributed by atoms with Crippen LogP contribution in [0.4, 0.5) is 0 Å². The van der Waals surface area contributed by atoms with E-state index in [9.17, 15) is 0 Å². The molecule has 0 fully saturated rings. The van der Waals surface area contributed by atoms with E-state index in [-0.39, 0.29) is 6.61 Å². The first kappa shape index (κ1) is 8.13. The number of aliphatic hydroxyl groups excluding tert-OH is 1. The van der Waals surface area contributed by atoms with Gasteiger partial charge in [0.1, 0.15) is 0 Å². The van der Waals surface area contributed by atoms with E-state index in [4.69, 9.17) is 10.3 Å². The Labute approximate surface area is 64.5 Å². The highest BCUT2D eigenvalue weighted by molar-refractivity contribution is 5.14. The molecule has 0 unspecified atom stereocenters. The van der Waals surface area contributed by atoms with Crippen molar-refractivity contribution < 1.29 is 10.3 Å². The first-order valence-corrected chi connectivity index (χ1v) is 3.29. The molecule has 3 N–H and O–H groups in total. The SMILES string of the molecule is OC[C@H](NO)c1ccncc1. The fourth-order valence-electron chi connectivity index (χ4n) is 0.817. The number of nitrogens with zero attached hydrogens (tertiary/aromatic N) is 1. The molecular formula is C7H10N2O2. The molecule has 4 heteroatoms. The van der Waals surface area contributed by atoms with Crippen LogP contribution in [0.3, 0.4) is 0 Å². The van der Waals surface area contributed by atoms with E-state index in [0.29, 0.717) is 0 Å². The minimum atomic E-state index is -0.419. The van der Waals surface area contributed by atoms with Crippen molar-refractivity contribution in [1.29, 1.82) is 0 Å². The van der Waals surface area contributed by atoms with Gasteiger partial charge in [0.2, 0.25) is 0 Å². The molecule has 0 aliphatic rings. The first-order chi connectivity index (χ1) is 5.38. The molecule has 0 aliphatic carbocycles. The Bertz CT molecular complexity index is 199. The number of nitrogens with one attached hydrogen (secondary N) is 1. The average molecular weight is 154 g/mol. The van der Waals surface area contributed by atoms with Crippen LogP contribution < -0.4 is 5.48 Å². The molecule has 0 radical (unpaired) electrons. The number of hydroxylamine groups is 1. The topological polar surface area (TPSA) is 65.4 Å². The molecule has 0 amide bonds. The van der Waals surface area contributed by atoms with Crippen LogP contribution in [0, 0.1) is 0 Å². The Kier molecular flexibility index (Phi) is 2.97. The van der Waals surface area contributed by atoms with E-state index >= 15 is 0 Å². The van der Waals surface area contributed by atoms with Crippen LogP contribution in [0.25, 0.3) is 0 Å². The number of pyridine rings is 1. The monoisotopic (exact) mass is 154 g/mol. The number of hydrogen-bond acceptors (Lipinski definition) is 4. The Morgan fingerprint density at radius 2 is 2.09 bits per heavy atom. The third-order valence-corrected chi connectivity index (χ3v) is 1.45. The van der Waals surface area contributed by atoms with Gasteiger partial charge in [-0.25, -0.2) is 0 Å². The first-order valence-electron chi connectivity index (χ1n) is 3.29. The highest BCUT2D eigenvalue weighted by atomic mass is 16.5. The minimum Gasteiger partial charge on any atom is -0.394 e. The van der Waals surface area contributed by atoms with Crippen LogP contribution in [0.5, 0.6) is 0 Å². The second-order valence-electron chi connectivity index (χ2n) is 2.14. The summed E-state index contributed by atoms with van der Waals surface area (Å²) in [5, 5.41) is 17.3. The summed E-state index contributed by atoms with van der Waals surface area (Å²) in [7, 11) is 0. The zero-order valence-corrected chi connectivity index (χ0v) is 5.94. The van der Waals surface area contributed by atoms with Crippen LogP contribution in [0.2, 0.25) is 0 Å². The second-order valence-corrected chi connectivity index (χ2v) is 2.14. The lowest BCUT2D eigenvalue weighted by Gasteiger charge is -2.10. The number of aromatic nitrogens is 1. The van der Waals surface area contributed by atoms with Gasteiger partial charge in [0.25, 0.3) is 0 Å². The maximum Gasteiger partial charge on any atom is 0.0801 e. The standard InChI is InChI=1S/C7H10N2O2/c10-5-7(9-11)6-1-3-8-4-2-6/h1-4,7,9-11H,5H2/t7-/m0/s1. The van der Waals surface area contributed by atoms with Gasteiger partial charge in [-0.3, -0.25) is 4.98 Å². The van der Waals surface area contributed by atoms with Gasteiger partial charge in [-0.2, -0.15) is 5.48 Å². The third-order valence-electron chi connectivity index (χ3n) is 1.45. The van der Waals surface area contributed by atoms with Crippen LogP contribution in [0.1, 0.15) is 11.6 Å². The van der Waals surface area contributed by atoms with Crippen molar-refractivity contribution in [2.45, 2.75) is 6.04 Å². The van der Waals surface area contributed by atoms with Gasteiger partial charge in [-0.1, -0.05) is 0 Å². The second kappa shape index (κ2) is 4.02. The molecule has 4 nitrogen and oxygen atoms in total. The summed E-state index contributed by atoms with van der Waals surface area (Å²) in [6, 6.07) is 3.03. The Hall–Kier alpha value is -0.970. The Morgan fingerprint density at radius 3 is 2.55 bits per heavy atom. The van der Waals surface area contributed by atoms with E-state index in [1.807, 2.05) is 5.48 Å². The minimum absolute atomic E-state index is 0.138. The van der Waals surface area contributed by atoms with Gasteiger partial charge in [0.05, 0.1) is 12.6 Å². The molecule has 0 spiro atoms. The van der Waals surface area contributed by atoms with E-state index in [1.54, 1.807) is 24.5 Å². The predicted octanol–water partition coefficient (Wildman–Crippen LogP) is 0.0938. The molecule has 1 aromatic heterocycles. The summed E-state index contributed by atoms with van der Waals surface area (Å²) in [5.41, 5.74) is 2.80. The van der Waals surface area contributed by atoms with Crippen molar-refractivity contribution in [3.05, 3.63) is 30.1 Å². The normalized spacial score (nSPS) is 12.9. The fourth-order valence-corrected chi connectivity index (χ4v) is 0.817. The summed E-state index contributed by atoms with van der Waals surface area (Å²) in [6.45, 7) is -0.138. The average Bonchev–Trinajstić information content (AvgIpc) is 2.09. The van der Waals surface area contributed by atoms with Crippen molar-refractivity contribution >= 4 is 0 Å². The summed E-state index contributed by atoms with van der Waals surface area (Å²) in [4.78, 5) is 3.81. The lowest BCUT2D eigenvalue weighted by atomic mass is 10.1. The zero-order valence-electron chi connectivity index (χ0n) is 5.94. The summed E-state index contributed by atoms with van der Waals surface area (Å²) < 4.78 is 0. The lowest BCUT2D eigenvalue weighted by molar-refractivity contribution is 0.0905. The summed E-state index contributed by atoms with van der Waals surface area (Å²) in [5.74, 6) is 0. The molecule has 1 atom stereocenters. The molecule has 1 aromatic rings. The van der Waals surface area contributed by atoms with Gasteiger partial charge >= 0.3 is 0 Å². The molecule has 0 aromatic carbocycles. The lowest BCUT2D eigenvalue weighted by Crippen LogP contribution is -2.20. The van der Waals surface area contributed by atoms with Crippen molar-refractivity contribution in [3.8, 4) is 0 Å². The molecule has 1 rings (SSSR count). The smallest absolute Gasteiger partial charge is 0.0801 e. The van der Waals surface area contributed by atoms with Gasteiger partial charge in [-0.05, 0) is 17.7 Å². The van der Waals surface area contributed by atoms with Crippen LogP contribution in [-0.2, 0) is 0 Å². The highest BCUT2D eigenvalue weighted by Crippen LogP contribution is 2.08. The van der Waals surface area contributed by atoms with Crippen molar-refractivity contribution in [2.75, 3.05) is 6.61 Å². The Balaban J connectivity index is 2.74. The van der Waals surface area contributed by atoms with Crippen LogP contribution in [0.15, 0.2) is 24.5 Å². The van der Waals surface area contributed by atoms with E-state index < -0.39 is 6.04 Å². The third kappa shape index (κ3) is 1.98. The van der Waals surface area contributed by atoms with Gasteiger partial charge < -0.3 is 10.3 Å². The van der Waals surface area contributed by atoms with Crippen molar-refractivity contribution in [3.63, 3.8) is 0 Å². The summed E-state index contributed by atoms with van der Waals surface area (Å²) >= 11 is 0. The number of hydrogen-bond donors (Lipinski definition) is 3. The zero-order chi connectivity index (χ0) is 8.10. The highest BCUT2D eigenvalue weighted by Gasteiger charge is 2.06. The molecule has 0 saturated heterocycles. The number of aliphatic hydroxyl groups is 1. The quantitative estimate of drug-likeness (QED) is 0.540. The summed E-state index contributed by atoms with van der Waals surface area (Å²) in [6.07, 6.45) is 3.21. The van der Waals surface area contributed by atoms with E-state index in [0.717, 1.165) is 5.56 Å². The number of rotatable bonds is 3. The van der Waals surface area contributed by atoms with E-state index in [1.165, 1.54) is 0 Å². The maximum atomic E-state index is 8.74. The fraction of sp³-hybridized carbons (Fsp3) is 0.286. The molecule has 0 saturated carbocycles. The largest absolute Gasteiger partial charge is 0.394 e. The van der Waals surface area contributed by atoms with Crippen LogP contribution >= 0.6 is 0 Å².